The molecule has 3 heterocycles. The fraction of sp³-hybridized carbons (Fsp3) is 0.429. The van der Waals surface area contributed by atoms with Crippen LogP contribution in [0.1, 0.15) is 0 Å². The fourth-order valence-corrected chi connectivity index (χ4v) is 2.91. The summed E-state index contributed by atoms with van der Waals surface area (Å²) in [4.78, 5) is 0. The van der Waals surface area contributed by atoms with Crippen molar-refractivity contribution in [1.82, 2.24) is 0 Å². The van der Waals surface area contributed by atoms with E-state index in [0.717, 1.165) is 39.6 Å². The molecule has 17 heavy (non-hydrogen) atoms. The second kappa shape index (κ2) is 3.67. The molecule has 0 atom stereocenters. The Labute approximate surface area is 100 Å². The summed E-state index contributed by atoms with van der Waals surface area (Å²) >= 11 is 0. The van der Waals surface area contributed by atoms with E-state index in [0.29, 0.717) is 0 Å². The molecule has 0 saturated heterocycles. The predicted molar refractivity (Wildman–Crippen MR) is 62.7 cm³/mol. The summed E-state index contributed by atoms with van der Waals surface area (Å²) in [5.74, 6) is 0. The number of hydrogen-bond acceptors (Lipinski definition) is 3. The van der Waals surface area contributed by atoms with Crippen LogP contribution in [-0.2, 0) is 14.2 Å². The standard InChI is InChI=1S/C14H14O3/c1-2-10-4-16-6-12(10)14-8-17-7-13(14)11-5-15-3-9(1)11/h1-2H,3-8H2/b2-1-,9-1?,10-2?,13-11?,14-12?. The lowest BCUT2D eigenvalue weighted by molar-refractivity contribution is 0.194. The van der Waals surface area contributed by atoms with E-state index >= 15 is 0 Å². The zero-order valence-corrected chi connectivity index (χ0v) is 9.62. The molecule has 0 aromatic rings. The minimum absolute atomic E-state index is 0.724. The molecule has 3 heteroatoms. The quantitative estimate of drug-likeness (QED) is 0.631. The fourth-order valence-electron chi connectivity index (χ4n) is 2.91. The van der Waals surface area contributed by atoms with Crippen molar-refractivity contribution in [3.05, 3.63) is 45.6 Å². The minimum atomic E-state index is 0.724. The smallest absolute Gasteiger partial charge is 0.0728 e. The summed E-state index contributed by atoms with van der Waals surface area (Å²) in [7, 11) is 0. The monoisotopic (exact) mass is 230 g/mol. The molecule has 0 aromatic carbocycles. The maximum atomic E-state index is 5.64. The van der Waals surface area contributed by atoms with Crippen LogP contribution in [0.15, 0.2) is 45.6 Å². The lowest BCUT2D eigenvalue weighted by Crippen LogP contribution is -2.03. The van der Waals surface area contributed by atoms with Gasteiger partial charge in [-0.05, 0) is 33.4 Å². The summed E-state index contributed by atoms with van der Waals surface area (Å²) in [6, 6.07) is 0. The third-order valence-electron chi connectivity index (χ3n) is 3.85. The molecule has 0 unspecified atom stereocenters. The van der Waals surface area contributed by atoms with E-state index in [2.05, 4.69) is 12.2 Å². The SMILES string of the molecule is C1=C\C2=C(COC2)C2=C(COC2)C2=C/1COC2. The molecular weight excluding hydrogens is 216 g/mol. The average molecular weight is 230 g/mol. The van der Waals surface area contributed by atoms with Crippen molar-refractivity contribution in [2.45, 2.75) is 0 Å². The minimum Gasteiger partial charge on any atom is -0.372 e. The van der Waals surface area contributed by atoms with Gasteiger partial charge >= 0.3 is 0 Å². The van der Waals surface area contributed by atoms with Crippen molar-refractivity contribution in [2.24, 2.45) is 0 Å². The van der Waals surface area contributed by atoms with Crippen molar-refractivity contribution < 1.29 is 14.2 Å². The molecular formula is C14H14O3. The van der Waals surface area contributed by atoms with Gasteiger partial charge in [0.25, 0.3) is 0 Å². The van der Waals surface area contributed by atoms with E-state index in [4.69, 9.17) is 14.2 Å². The Bertz CT molecular complexity index is 462. The molecule has 0 aromatic heterocycles. The Morgan fingerprint density at radius 2 is 0.941 bits per heavy atom. The molecule has 4 rings (SSSR count). The molecule has 0 N–H and O–H groups in total. The highest BCUT2D eigenvalue weighted by Gasteiger charge is 2.29. The third kappa shape index (κ3) is 1.40. The van der Waals surface area contributed by atoms with E-state index in [1.807, 2.05) is 0 Å². The van der Waals surface area contributed by atoms with Crippen LogP contribution in [0.5, 0.6) is 0 Å². The summed E-state index contributed by atoms with van der Waals surface area (Å²) in [6.07, 6.45) is 4.38. The van der Waals surface area contributed by atoms with Crippen LogP contribution in [-0.4, -0.2) is 39.6 Å². The first-order valence-corrected chi connectivity index (χ1v) is 6.01. The van der Waals surface area contributed by atoms with Gasteiger partial charge in [-0.15, -0.1) is 0 Å². The Morgan fingerprint density at radius 1 is 0.529 bits per heavy atom. The van der Waals surface area contributed by atoms with E-state index in [9.17, 15) is 0 Å². The largest absolute Gasteiger partial charge is 0.372 e. The second-order valence-corrected chi connectivity index (χ2v) is 4.78. The molecule has 3 nitrogen and oxygen atoms in total. The highest BCUT2D eigenvalue weighted by molar-refractivity contribution is 5.58. The summed E-state index contributed by atoms with van der Waals surface area (Å²) in [5.41, 5.74) is 7.99. The van der Waals surface area contributed by atoms with Gasteiger partial charge in [0.05, 0.1) is 39.6 Å². The molecule has 0 saturated carbocycles. The second-order valence-electron chi connectivity index (χ2n) is 4.78. The Kier molecular flexibility index (Phi) is 2.12. The van der Waals surface area contributed by atoms with E-state index in [1.165, 1.54) is 33.4 Å². The van der Waals surface area contributed by atoms with Gasteiger partial charge in [-0.1, -0.05) is 12.2 Å². The lowest BCUT2D eigenvalue weighted by Gasteiger charge is -2.11. The van der Waals surface area contributed by atoms with Crippen LogP contribution in [0.3, 0.4) is 0 Å². The van der Waals surface area contributed by atoms with Gasteiger partial charge < -0.3 is 14.2 Å². The Morgan fingerprint density at radius 3 is 1.47 bits per heavy atom. The molecule has 0 amide bonds. The van der Waals surface area contributed by atoms with Gasteiger partial charge in [-0.25, -0.2) is 0 Å². The van der Waals surface area contributed by atoms with Crippen molar-refractivity contribution in [2.75, 3.05) is 39.6 Å². The molecule has 1 aliphatic carbocycles. The summed E-state index contributed by atoms with van der Waals surface area (Å²) < 4.78 is 16.8. The number of fused-ring (bicyclic) bond motifs is 2. The molecule has 0 bridgehead atoms. The van der Waals surface area contributed by atoms with Gasteiger partial charge in [0, 0.05) is 0 Å². The van der Waals surface area contributed by atoms with Crippen LogP contribution in [0.4, 0.5) is 0 Å². The third-order valence-corrected chi connectivity index (χ3v) is 3.85. The zero-order valence-electron chi connectivity index (χ0n) is 9.62. The van der Waals surface area contributed by atoms with Crippen LogP contribution in [0, 0.1) is 0 Å². The van der Waals surface area contributed by atoms with Crippen LogP contribution in [0.25, 0.3) is 0 Å². The van der Waals surface area contributed by atoms with E-state index in [-0.39, 0.29) is 0 Å². The Balaban J connectivity index is 1.91. The normalized spacial score (nSPS) is 29.2. The van der Waals surface area contributed by atoms with Crippen molar-refractivity contribution in [3.8, 4) is 0 Å². The molecule has 0 radical (unpaired) electrons. The number of rotatable bonds is 0. The van der Waals surface area contributed by atoms with E-state index in [1.54, 1.807) is 0 Å². The number of ether oxygens (including phenoxy) is 3. The zero-order chi connectivity index (χ0) is 11.2. The highest BCUT2D eigenvalue weighted by atomic mass is 16.5. The maximum Gasteiger partial charge on any atom is 0.0728 e. The first-order chi connectivity index (χ1) is 8.43. The van der Waals surface area contributed by atoms with Crippen LogP contribution < -0.4 is 0 Å². The van der Waals surface area contributed by atoms with Gasteiger partial charge in [-0.2, -0.15) is 0 Å². The van der Waals surface area contributed by atoms with Gasteiger partial charge in [0.2, 0.25) is 0 Å². The summed E-state index contributed by atoms with van der Waals surface area (Å²) in [6.45, 7) is 4.36. The highest BCUT2D eigenvalue weighted by Crippen LogP contribution is 2.36. The Hall–Kier alpha value is -1.16. The molecule has 0 fully saturated rings. The molecule has 4 aliphatic rings. The first kappa shape index (κ1) is 9.83. The predicted octanol–water partition coefficient (Wildman–Crippen LogP) is 1.54. The van der Waals surface area contributed by atoms with Crippen LogP contribution >= 0.6 is 0 Å². The van der Waals surface area contributed by atoms with Gasteiger partial charge in [-0.3, -0.25) is 0 Å². The first-order valence-electron chi connectivity index (χ1n) is 6.01. The lowest BCUT2D eigenvalue weighted by atomic mass is 9.91. The molecule has 3 aliphatic heterocycles. The molecule has 88 valence electrons. The van der Waals surface area contributed by atoms with Gasteiger partial charge in [0.15, 0.2) is 0 Å². The van der Waals surface area contributed by atoms with E-state index < -0.39 is 0 Å². The summed E-state index contributed by atoms with van der Waals surface area (Å²) in [5, 5.41) is 0. The molecule has 0 spiro atoms. The van der Waals surface area contributed by atoms with Gasteiger partial charge in [0.1, 0.15) is 0 Å². The average Bonchev–Trinajstić information content (AvgIpc) is 3.03. The number of hydrogen-bond donors (Lipinski definition) is 0. The van der Waals surface area contributed by atoms with Crippen LogP contribution in [0.2, 0.25) is 0 Å². The topological polar surface area (TPSA) is 27.7 Å². The van der Waals surface area contributed by atoms with Crippen molar-refractivity contribution >= 4 is 0 Å². The van der Waals surface area contributed by atoms with Crippen molar-refractivity contribution in [1.29, 1.82) is 0 Å². The van der Waals surface area contributed by atoms with Crippen molar-refractivity contribution in [3.63, 3.8) is 0 Å². The maximum absolute atomic E-state index is 5.64.